The van der Waals surface area contributed by atoms with Gasteiger partial charge in [0.2, 0.25) is 11.8 Å². The molecule has 5 nitrogen and oxygen atoms in total. The van der Waals surface area contributed by atoms with Gasteiger partial charge in [0.1, 0.15) is 11.8 Å². The van der Waals surface area contributed by atoms with Crippen LogP contribution in [0.5, 0.6) is 0 Å². The molecule has 2 aromatic carbocycles. The fourth-order valence-electron chi connectivity index (χ4n) is 3.11. The Balaban J connectivity index is 0.000000389. The number of carbonyl (C=O) groups excluding carboxylic acids is 2. The summed E-state index contributed by atoms with van der Waals surface area (Å²) in [6.45, 7) is 8.10. The third-order valence-corrected chi connectivity index (χ3v) is 5.11. The van der Waals surface area contributed by atoms with E-state index in [-0.39, 0.29) is 23.6 Å². The monoisotopic (exact) mass is 480 g/mol. The maximum Gasteiger partial charge on any atom is 0.242 e. The highest BCUT2D eigenvalue weighted by molar-refractivity contribution is 6.29. The molecule has 0 spiro atoms. The average molecular weight is 481 g/mol. The van der Waals surface area contributed by atoms with Crippen LogP contribution in [-0.4, -0.2) is 43.3 Å². The number of para-hydroxylation sites is 2. The minimum Gasteiger partial charge on any atom is -0.380 e. The molecule has 0 unspecified atom stereocenters. The number of halogens is 2. The van der Waals surface area contributed by atoms with Gasteiger partial charge in [-0.15, -0.1) is 23.2 Å². The number of carbonyl (C=O) groups is 2. The van der Waals surface area contributed by atoms with Crippen LogP contribution >= 0.6 is 23.2 Å². The van der Waals surface area contributed by atoms with Gasteiger partial charge < -0.3 is 15.0 Å². The number of nitrogens with zero attached hydrogens (tertiary/aromatic N) is 1. The molecule has 2 amide bonds. The second-order valence-electron chi connectivity index (χ2n) is 6.97. The van der Waals surface area contributed by atoms with Gasteiger partial charge in [-0.25, -0.2) is 0 Å². The molecule has 7 heteroatoms. The zero-order valence-corrected chi connectivity index (χ0v) is 20.7. The average Bonchev–Trinajstić information content (AvgIpc) is 2.84. The third kappa shape index (κ3) is 9.60. The van der Waals surface area contributed by atoms with E-state index < -0.39 is 0 Å². The van der Waals surface area contributed by atoms with Crippen LogP contribution in [0.25, 0.3) is 0 Å². The highest BCUT2D eigenvalue weighted by atomic mass is 35.5. The van der Waals surface area contributed by atoms with Gasteiger partial charge in [-0.3, -0.25) is 9.59 Å². The van der Waals surface area contributed by atoms with Crippen molar-refractivity contribution in [2.24, 2.45) is 0 Å². The van der Waals surface area contributed by atoms with E-state index in [1.807, 2.05) is 30.3 Å². The van der Waals surface area contributed by atoms with Gasteiger partial charge in [0.25, 0.3) is 0 Å². The topological polar surface area (TPSA) is 58.6 Å². The molecule has 0 atom stereocenters. The fraction of sp³-hybridized carbons (Fsp3) is 0.440. The van der Waals surface area contributed by atoms with Crippen LogP contribution in [-0.2, 0) is 27.2 Å². The molecule has 0 aliphatic heterocycles. The Bertz CT molecular complexity index is 794. The summed E-state index contributed by atoms with van der Waals surface area (Å²) < 4.78 is 5.54. The van der Waals surface area contributed by atoms with Gasteiger partial charge in [-0.05, 0) is 42.5 Å². The number of benzene rings is 2. The molecule has 0 aromatic heterocycles. The van der Waals surface area contributed by atoms with Gasteiger partial charge in [0.15, 0.2) is 0 Å². The molecule has 0 aliphatic carbocycles. The van der Waals surface area contributed by atoms with Crippen molar-refractivity contribution >= 4 is 46.4 Å². The van der Waals surface area contributed by atoms with Crippen molar-refractivity contribution < 1.29 is 14.3 Å². The first-order valence-corrected chi connectivity index (χ1v) is 12.0. The van der Waals surface area contributed by atoms with Gasteiger partial charge in [0, 0.05) is 18.8 Å². The second kappa shape index (κ2) is 16.5. The lowest BCUT2D eigenvalue weighted by molar-refractivity contribution is -0.116. The lowest BCUT2D eigenvalue weighted by atomic mass is 10.0. The molecule has 0 saturated heterocycles. The van der Waals surface area contributed by atoms with E-state index in [1.54, 1.807) is 4.90 Å². The summed E-state index contributed by atoms with van der Waals surface area (Å²) in [6, 6.07) is 15.4. The first-order chi connectivity index (χ1) is 15.5. The minimum atomic E-state index is -0.183. The highest BCUT2D eigenvalue weighted by Crippen LogP contribution is 2.27. The van der Waals surface area contributed by atoms with Crippen molar-refractivity contribution in [2.45, 2.75) is 40.0 Å². The van der Waals surface area contributed by atoms with Crippen molar-refractivity contribution in [3.63, 3.8) is 0 Å². The number of hydrogen-bond acceptors (Lipinski definition) is 3. The van der Waals surface area contributed by atoms with Crippen LogP contribution in [0, 0.1) is 0 Å². The number of hydrogen-bond donors (Lipinski definition) is 1. The van der Waals surface area contributed by atoms with E-state index in [0.29, 0.717) is 13.2 Å². The molecule has 32 heavy (non-hydrogen) atoms. The van der Waals surface area contributed by atoms with Crippen molar-refractivity contribution in [3.05, 3.63) is 59.7 Å². The zero-order valence-electron chi connectivity index (χ0n) is 19.2. The van der Waals surface area contributed by atoms with Crippen molar-refractivity contribution in [1.82, 2.24) is 0 Å². The summed E-state index contributed by atoms with van der Waals surface area (Å²) in [5.41, 5.74) is 4.16. The molecular formula is C25H34Cl2N2O3. The summed E-state index contributed by atoms with van der Waals surface area (Å²) in [7, 11) is 0. The molecule has 176 valence electrons. The molecule has 0 heterocycles. The van der Waals surface area contributed by atoms with Crippen LogP contribution in [0.2, 0.25) is 0 Å². The maximum absolute atomic E-state index is 12.3. The molecule has 1 N–H and O–H groups in total. The van der Waals surface area contributed by atoms with Crippen LogP contribution in [0.1, 0.15) is 38.3 Å². The van der Waals surface area contributed by atoms with Crippen molar-refractivity contribution in [1.29, 1.82) is 0 Å². The Kier molecular flexibility index (Phi) is 14.4. The summed E-state index contributed by atoms with van der Waals surface area (Å²) in [6.07, 6.45) is 2.77. The molecular weight excluding hydrogens is 447 g/mol. The summed E-state index contributed by atoms with van der Waals surface area (Å²) in [5.74, 6) is -0.255. The van der Waals surface area contributed by atoms with E-state index in [2.05, 4.69) is 44.3 Å². The molecule has 0 fully saturated rings. The Morgan fingerprint density at radius 3 is 2.00 bits per heavy atom. The third-order valence-electron chi connectivity index (χ3n) is 4.64. The van der Waals surface area contributed by atoms with Gasteiger partial charge in [0.05, 0.1) is 12.3 Å². The zero-order chi connectivity index (χ0) is 23.8. The molecule has 0 radical (unpaired) electrons. The normalized spacial score (nSPS) is 10.2. The second-order valence-corrected chi connectivity index (χ2v) is 7.51. The fourth-order valence-corrected chi connectivity index (χ4v) is 3.32. The number of ether oxygens (including phenoxy) is 1. The minimum absolute atomic E-state index is 0.00498. The van der Waals surface area contributed by atoms with Crippen LogP contribution in [0.15, 0.2) is 48.5 Å². The Labute approximate surface area is 202 Å². The predicted molar refractivity (Wildman–Crippen MR) is 135 cm³/mol. The van der Waals surface area contributed by atoms with Gasteiger partial charge in [-0.2, -0.15) is 0 Å². The standard InChI is InChI=1S/C17H26ClNO2.C8H8ClNO/c1-4-11-21-12-10-19(16(20)13-18)17-14(5-2)8-7-9-15(17)6-3;9-6-8(11)10-7-4-2-1-3-5-7/h7-9H,4-6,10-13H2,1-3H3;1-5H,6H2,(H,10,11). The highest BCUT2D eigenvalue weighted by Gasteiger charge is 2.20. The van der Waals surface area contributed by atoms with E-state index in [0.717, 1.165) is 37.2 Å². The van der Waals surface area contributed by atoms with Crippen molar-refractivity contribution in [3.8, 4) is 0 Å². The lowest BCUT2D eigenvalue weighted by Gasteiger charge is -2.27. The Morgan fingerprint density at radius 1 is 0.875 bits per heavy atom. The molecule has 0 bridgehead atoms. The number of anilines is 2. The smallest absolute Gasteiger partial charge is 0.242 e. The number of rotatable bonds is 11. The van der Waals surface area contributed by atoms with Crippen LogP contribution in [0.3, 0.4) is 0 Å². The lowest BCUT2D eigenvalue weighted by Crippen LogP contribution is -2.36. The summed E-state index contributed by atoms with van der Waals surface area (Å²) in [4.78, 5) is 24.8. The van der Waals surface area contributed by atoms with Gasteiger partial charge >= 0.3 is 0 Å². The first-order valence-electron chi connectivity index (χ1n) is 11.0. The summed E-state index contributed by atoms with van der Waals surface area (Å²) in [5, 5.41) is 2.62. The SMILES string of the molecule is CCCOCCN(C(=O)CCl)c1c(CC)cccc1CC.O=C(CCl)Nc1ccccc1. The van der Waals surface area contributed by atoms with E-state index >= 15 is 0 Å². The number of alkyl halides is 2. The predicted octanol–water partition coefficient (Wildman–Crippen LogP) is 5.67. The number of amides is 2. The van der Waals surface area contributed by atoms with E-state index in [1.165, 1.54) is 11.1 Å². The van der Waals surface area contributed by atoms with Crippen molar-refractivity contribution in [2.75, 3.05) is 41.7 Å². The Hall–Kier alpha value is -2.08. The van der Waals surface area contributed by atoms with Crippen LogP contribution < -0.4 is 10.2 Å². The molecule has 2 aromatic rings. The van der Waals surface area contributed by atoms with E-state index in [9.17, 15) is 9.59 Å². The van der Waals surface area contributed by atoms with E-state index in [4.69, 9.17) is 27.9 Å². The first kappa shape index (κ1) is 28.0. The number of nitrogens with one attached hydrogen (secondary N) is 1. The Morgan fingerprint density at radius 2 is 1.50 bits per heavy atom. The molecule has 2 rings (SSSR count). The summed E-state index contributed by atoms with van der Waals surface area (Å²) >= 11 is 11.1. The molecule has 0 aliphatic rings. The maximum atomic E-state index is 12.3. The number of aryl methyl sites for hydroxylation is 2. The van der Waals surface area contributed by atoms with Crippen LogP contribution in [0.4, 0.5) is 11.4 Å². The largest absolute Gasteiger partial charge is 0.380 e. The van der Waals surface area contributed by atoms with Gasteiger partial charge in [-0.1, -0.05) is 57.2 Å². The quantitative estimate of drug-likeness (QED) is 0.332. The molecule has 0 saturated carbocycles.